The van der Waals surface area contributed by atoms with Crippen LogP contribution in [0.1, 0.15) is 47.1 Å². The molecule has 0 radical (unpaired) electrons. The highest BCUT2D eigenvalue weighted by atomic mass is 35.5. The van der Waals surface area contributed by atoms with Gasteiger partial charge in [0.15, 0.2) is 0 Å². The first-order valence-corrected chi connectivity index (χ1v) is 10.2. The molecule has 30 heavy (non-hydrogen) atoms. The Kier molecular flexibility index (Phi) is 7.00. The summed E-state index contributed by atoms with van der Waals surface area (Å²) in [6.07, 6.45) is 1.81. The molecule has 0 aliphatic carbocycles. The molecule has 2 aromatic carbocycles. The lowest BCUT2D eigenvalue weighted by Gasteiger charge is -2.16. The van der Waals surface area contributed by atoms with Gasteiger partial charge in [-0.3, -0.25) is 9.48 Å². The van der Waals surface area contributed by atoms with Crippen LogP contribution in [0.2, 0.25) is 5.02 Å². The molecule has 0 saturated heterocycles. The first-order chi connectivity index (χ1) is 14.4. The monoisotopic (exact) mass is 427 g/mol. The minimum atomic E-state index is -0.165. The van der Waals surface area contributed by atoms with E-state index >= 15 is 0 Å². The molecule has 3 rings (SSSR count). The average molecular weight is 428 g/mol. The zero-order chi connectivity index (χ0) is 21.7. The third-order valence-corrected chi connectivity index (χ3v) is 5.26. The summed E-state index contributed by atoms with van der Waals surface area (Å²) >= 11 is 5.91. The van der Waals surface area contributed by atoms with Crippen molar-refractivity contribution >= 4 is 17.5 Å². The summed E-state index contributed by atoms with van der Waals surface area (Å²) in [5.41, 5.74) is 3.38. The van der Waals surface area contributed by atoms with Crippen molar-refractivity contribution in [2.24, 2.45) is 0 Å². The summed E-state index contributed by atoms with van der Waals surface area (Å²) in [6.45, 7) is 7.06. The van der Waals surface area contributed by atoms with E-state index in [-0.39, 0.29) is 18.6 Å². The van der Waals surface area contributed by atoms with Gasteiger partial charge in [-0.25, -0.2) is 0 Å². The molecule has 3 aromatic rings. The molecule has 1 amide bonds. The van der Waals surface area contributed by atoms with Crippen LogP contribution in [-0.4, -0.2) is 22.8 Å². The van der Waals surface area contributed by atoms with E-state index in [1.54, 1.807) is 49.6 Å². The minimum Gasteiger partial charge on any atom is -0.496 e. The zero-order valence-electron chi connectivity index (χ0n) is 17.6. The topological polar surface area (TPSA) is 65.4 Å². The van der Waals surface area contributed by atoms with E-state index in [2.05, 4.69) is 10.4 Å². The van der Waals surface area contributed by atoms with Crippen molar-refractivity contribution in [3.63, 3.8) is 0 Å². The SMILES string of the molecule is CCn1ncc(C(C)NC(=O)c2ccc(OC)c(COc3ccc(Cl)cc3)c2)c1C. The Morgan fingerprint density at radius 2 is 1.97 bits per heavy atom. The van der Waals surface area contributed by atoms with E-state index in [1.165, 1.54) is 0 Å². The van der Waals surface area contributed by atoms with Crippen molar-refractivity contribution in [1.82, 2.24) is 15.1 Å². The highest BCUT2D eigenvalue weighted by Crippen LogP contribution is 2.24. The number of rotatable bonds is 8. The molecule has 1 heterocycles. The Morgan fingerprint density at radius 3 is 2.60 bits per heavy atom. The van der Waals surface area contributed by atoms with Crippen LogP contribution in [0, 0.1) is 6.92 Å². The van der Waals surface area contributed by atoms with Crippen molar-refractivity contribution in [1.29, 1.82) is 0 Å². The number of benzene rings is 2. The third-order valence-electron chi connectivity index (χ3n) is 5.01. The predicted molar refractivity (Wildman–Crippen MR) is 117 cm³/mol. The Labute approximate surface area is 181 Å². The number of aromatic nitrogens is 2. The summed E-state index contributed by atoms with van der Waals surface area (Å²) in [6, 6.07) is 12.3. The van der Waals surface area contributed by atoms with Crippen LogP contribution in [0.3, 0.4) is 0 Å². The Bertz CT molecular complexity index is 1020. The number of hydrogen-bond acceptors (Lipinski definition) is 4. The predicted octanol–water partition coefficient (Wildman–Crippen LogP) is 4.94. The standard InChI is InChI=1S/C23H26ClN3O3/c1-5-27-16(3)21(13-25-27)15(2)26-23(28)17-6-11-22(29-4)18(12-17)14-30-20-9-7-19(24)8-10-20/h6-13,15H,5,14H2,1-4H3,(H,26,28). The van der Waals surface area contributed by atoms with Crippen LogP contribution >= 0.6 is 11.6 Å². The Morgan fingerprint density at radius 1 is 1.23 bits per heavy atom. The normalized spacial score (nSPS) is 11.8. The molecule has 7 heteroatoms. The van der Waals surface area contributed by atoms with Crippen molar-refractivity contribution in [2.45, 2.75) is 40.0 Å². The van der Waals surface area contributed by atoms with E-state index in [1.807, 2.05) is 31.6 Å². The molecule has 0 aliphatic heterocycles. The third kappa shape index (κ3) is 4.94. The lowest BCUT2D eigenvalue weighted by Crippen LogP contribution is -2.27. The maximum atomic E-state index is 12.8. The summed E-state index contributed by atoms with van der Waals surface area (Å²) < 4.78 is 13.2. The van der Waals surface area contributed by atoms with Gasteiger partial charge in [0.05, 0.1) is 19.3 Å². The summed E-state index contributed by atoms with van der Waals surface area (Å²) in [5, 5.41) is 8.05. The average Bonchev–Trinajstić information content (AvgIpc) is 3.13. The second kappa shape index (κ2) is 9.67. The maximum Gasteiger partial charge on any atom is 0.251 e. The molecular weight excluding hydrogens is 402 g/mol. The van der Waals surface area contributed by atoms with Gasteiger partial charge in [0.25, 0.3) is 5.91 Å². The van der Waals surface area contributed by atoms with Gasteiger partial charge in [-0.2, -0.15) is 5.10 Å². The van der Waals surface area contributed by atoms with Gasteiger partial charge in [-0.1, -0.05) is 11.6 Å². The molecule has 0 fully saturated rings. The number of nitrogens with one attached hydrogen (secondary N) is 1. The molecule has 0 saturated carbocycles. The number of hydrogen-bond donors (Lipinski definition) is 1. The zero-order valence-corrected chi connectivity index (χ0v) is 18.4. The maximum absolute atomic E-state index is 12.8. The van der Waals surface area contributed by atoms with Gasteiger partial charge >= 0.3 is 0 Å². The molecule has 1 unspecified atom stereocenters. The fourth-order valence-corrected chi connectivity index (χ4v) is 3.41. The lowest BCUT2D eigenvalue weighted by atomic mass is 10.1. The number of carbonyl (C=O) groups excluding carboxylic acids is 1. The summed E-state index contributed by atoms with van der Waals surface area (Å²) in [5.74, 6) is 1.18. The lowest BCUT2D eigenvalue weighted by molar-refractivity contribution is 0.0939. The Hall–Kier alpha value is -2.99. The Balaban J connectivity index is 1.73. The van der Waals surface area contributed by atoms with E-state index in [9.17, 15) is 4.79 Å². The summed E-state index contributed by atoms with van der Waals surface area (Å²) in [4.78, 5) is 12.8. The quantitative estimate of drug-likeness (QED) is 0.552. The molecule has 1 N–H and O–H groups in total. The van der Waals surface area contributed by atoms with E-state index in [0.717, 1.165) is 23.4 Å². The molecule has 158 valence electrons. The number of halogens is 1. The number of carbonyl (C=O) groups is 1. The fraction of sp³-hybridized carbons (Fsp3) is 0.304. The summed E-state index contributed by atoms with van der Waals surface area (Å²) in [7, 11) is 1.59. The van der Waals surface area contributed by atoms with Gasteiger partial charge in [-0.05, 0) is 63.2 Å². The minimum absolute atomic E-state index is 0.159. The number of aryl methyl sites for hydroxylation is 1. The van der Waals surface area contributed by atoms with Crippen LogP contribution in [0.5, 0.6) is 11.5 Å². The van der Waals surface area contributed by atoms with Crippen LogP contribution in [0.15, 0.2) is 48.7 Å². The molecule has 6 nitrogen and oxygen atoms in total. The second-order valence-corrected chi connectivity index (χ2v) is 7.40. The van der Waals surface area contributed by atoms with Gasteiger partial charge in [0.1, 0.15) is 18.1 Å². The van der Waals surface area contributed by atoms with Gasteiger partial charge in [-0.15, -0.1) is 0 Å². The van der Waals surface area contributed by atoms with Crippen molar-refractivity contribution in [3.05, 3.63) is 76.1 Å². The number of methoxy groups -OCH3 is 1. The van der Waals surface area contributed by atoms with Crippen LogP contribution in [0.25, 0.3) is 0 Å². The van der Waals surface area contributed by atoms with Crippen LogP contribution < -0.4 is 14.8 Å². The fourth-order valence-electron chi connectivity index (χ4n) is 3.29. The highest BCUT2D eigenvalue weighted by molar-refractivity contribution is 6.30. The molecule has 0 aliphatic rings. The van der Waals surface area contributed by atoms with E-state index in [0.29, 0.717) is 22.1 Å². The van der Waals surface area contributed by atoms with Crippen molar-refractivity contribution in [3.8, 4) is 11.5 Å². The molecular formula is C23H26ClN3O3. The second-order valence-electron chi connectivity index (χ2n) is 6.97. The van der Waals surface area contributed by atoms with Crippen molar-refractivity contribution in [2.75, 3.05) is 7.11 Å². The highest BCUT2D eigenvalue weighted by Gasteiger charge is 2.17. The van der Waals surface area contributed by atoms with Crippen LogP contribution in [-0.2, 0) is 13.2 Å². The van der Waals surface area contributed by atoms with Gasteiger partial charge in [0, 0.05) is 34.0 Å². The number of nitrogens with zero attached hydrogens (tertiary/aromatic N) is 2. The molecule has 1 aromatic heterocycles. The van der Waals surface area contributed by atoms with Gasteiger partial charge < -0.3 is 14.8 Å². The first-order valence-electron chi connectivity index (χ1n) is 9.81. The van der Waals surface area contributed by atoms with E-state index < -0.39 is 0 Å². The van der Waals surface area contributed by atoms with Crippen LogP contribution in [0.4, 0.5) is 0 Å². The molecule has 0 bridgehead atoms. The number of amides is 1. The largest absolute Gasteiger partial charge is 0.496 e. The molecule has 0 spiro atoms. The van der Waals surface area contributed by atoms with E-state index in [4.69, 9.17) is 21.1 Å². The first kappa shape index (κ1) is 21.7. The van der Waals surface area contributed by atoms with Crippen molar-refractivity contribution < 1.29 is 14.3 Å². The number of ether oxygens (including phenoxy) is 2. The molecule has 1 atom stereocenters. The van der Waals surface area contributed by atoms with Gasteiger partial charge in [0.2, 0.25) is 0 Å². The smallest absolute Gasteiger partial charge is 0.251 e.